The lowest BCUT2D eigenvalue weighted by Crippen LogP contribution is -2.46. The second-order valence-corrected chi connectivity index (χ2v) is 7.77. The van der Waals surface area contributed by atoms with Gasteiger partial charge in [-0.2, -0.15) is 0 Å². The molecule has 7 nitrogen and oxygen atoms in total. The number of imide groups is 1. The van der Waals surface area contributed by atoms with E-state index in [4.69, 9.17) is 4.74 Å². The summed E-state index contributed by atoms with van der Waals surface area (Å²) in [6.07, 6.45) is 6.74. The van der Waals surface area contributed by atoms with Crippen LogP contribution in [-0.2, 0) is 9.53 Å². The SMILES string of the molecule is O=C(COC(=O)c1cccnc1Sc1ccccc1)NC(=O)NC1CCCCC1. The first-order chi connectivity index (χ1) is 14.1. The topological polar surface area (TPSA) is 97.4 Å². The largest absolute Gasteiger partial charge is 0.452 e. The summed E-state index contributed by atoms with van der Waals surface area (Å²) in [5, 5.41) is 5.47. The molecular weight excluding hydrogens is 390 g/mol. The maximum absolute atomic E-state index is 12.4. The molecule has 2 N–H and O–H groups in total. The fourth-order valence-corrected chi connectivity index (χ4v) is 3.96. The summed E-state index contributed by atoms with van der Waals surface area (Å²) < 4.78 is 5.07. The van der Waals surface area contributed by atoms with E-state index in [2.05, 4.69) is 15.6 Å². The van der Waals surface area contributed by atoms with Gasteiger partial charge in [0, 0.05) is 17.1 Å². The van der Waals surface area contributed by atoms with Crippen LogP contribution in [0.4, 0.5) is 4.79 Å². The first kappa shape index (κ1) is 20.9. The van der Waals surface area contributed by atoms with Crippen molar-refractivity contribution in [3.8, 4) is 0 Å². The monoisotopic (exact) mass is 413 g/mol. The van der Waals surface area contributed by atoms with Crippen LogP contribution in [-0.4, -0.2) is 35.5 Å². The number of nitrogens with zero attached hydrogens (tertiary/aromatic N) is 1. The van der Waals surface area contributed by atoms with Crippen molar-refractivity contribution in [2.24, 2.45) is 0 Å². The van der Waals surface area contributed by atoms with Crippen molar-refractivity contribution in [3.63, 3.8) is 0 Å². The molecule has 29 heavy (non-hydrogen) atoms. The summed E-state index contributed by atoms with van der Waals surface area (Å²) >= 11 is 1.33. The van der Waals surface area contributed by atoms with Gasteiger partial charge in [0.15, 0.2) is 6.61 Å². The lowest BCUT2D eigenvalue weighted by molar-refractivity contribution is -0.123. The van der Waals surface area contributed by atoms with Crippen molar-refractivity contribution in [3.05, 3.63) is 54.2 Å². The Bertz CT molecular complexity index is 854. The smallest absolute Gasteiger partial charge is 0.341 e. The molecule has 0 saturated heterocycles. The summed E-state index contributed by atoms with van der Waals surface area (Å²) in [6.45, 7) is -0.540. The molecule has 152 valence electrons. The van der Waals surface area contributed by atoms with E-state index in [1.807, 2.05) is 30.3 Å². The van der Waals surface area contributed by atoms with Crippen LogP contribution in [0.5, 0.6) is 0 Å². The standard InChI is InChI=1S/C21H23N3O4S/c25-18(24-21(27)23-15-8-3-1-4-9-15)14-28-20(26)17-12-7-13-22-19(17)29-16-10-5-2-6-11-16/h2,5-7,10-13,15H,1,3-4,8-9,14H2,(H2,23,24,25,27). The van der Waals surface area contributed by atoms with Crippen molar-refractivity contribution in [2.75, 3.05) is 6.61 Å². The van der Waals surface area contributed by atoms with Gasteiger partial charge in [-0.3, -0.25) is 10.1 Å². The van der Waals surface area contributed by atoms with Gasteiger partial charge in [-0.25, -0.2) is 14.6 Å². The molecule has 0 aliphatic heterocycles. The van der Waals surface area contributed by atoms with Crippen molar-refractivity contribution >= 4 is 29.7 Å². The van der Waals surface area contributed by atoms with E-state index in [9.17, 15) is 14.4 Å². The number of ether oxygens (including phenoxy) is 1. The number of benzene rings is 1. The van der Waals surface area contributed by atoms with Crippen molar-refractivity contribution in [1.29, 1.82) is 0 Å². The summed E-state index contributed by atoms with van der Waals surface area (Å²) in [5.41, 5.74) is 0.265. The highest BCUT2D eigenvalue weighted by atomic mass is 32.2. The molecule has 3 amide bonds. The van der Waals surface area contributed by atoms with Crippen LogP contribution in [0.15, 0.2) is 58.6 Å². The number of carbonyl (C=O) groups excluding carboxylic acids is 3. The number of esters is 1. The molecule has 0 unspecified atom stereocenters. The number of carbonyl (C=O) groups is 3. The third-order valence-corrected chi connectivity index (χ3v) is 5.50. The molecule has 8 heteroatoms. The van der Waals surface area contributed by atoms with E-state index >= 15 is 0 Å². The minimum absolute atomic E-state index is 0.0899. The predicted octanol–water partition coefficient (Wildman–Crippen LogP) is 3.55. The molecule has 1 aromatic heterocycles. The number of rotatable bonds is 6. The Labute approximate surface area is 173 Å². The maximum Gasteiger partial charge on any atom is 0.341 e. The Morgan fingerprint density at radius 1 is 1.03 bits per heavy atom. The quantitative estimate of drug-likeness (QED) is 0.703. The van der Waals surface area contributed by atoms with Gasteiger partial charge in [-0.15, -0.1) is 0 Å². The zero-order valence-corrected chi connectivity index (χ0v) is 16.7. The van der Waals surface area contributed by atoms with Gasteiger partial charge in [0.25, 0.3) is 5.91 Å². The molecule has 0 spiro atoms. The predicted molar refractivity (Wildman–Crippen MR) is 109 cm³/mol. The highest BCUT2D eigenvalue weighted by Gasteiger charge is 2.19. The van der Waals surface area contributed by atoms with Crippen LogP contribution in [0.3, 0.4) is 0 Å². The molecule has 1 saturated carbocycles. The Morgan fingerprint density at radius 3 is 2.55 bits per heavy atom. The van der Waals surface area contributed by atoms with E-state index in [1.54, 1.807) is 18.3 Å². The summed E-state index contributed by atoms with van der Waals surface area (Å²) in [5.74, 6) is -1.34. The number of amides is 3. The third-order valence-electron chi connectivity index (χ3n) is 4.48. The Hall–Kier alpha value is -2.87. The summed E-state index contributed by atoms with van der Waals surface area (Å²) in [6, 6.07) is 12.3. The van der Waals surface area contributed by atoms with Gasteiger partial charge in [0.1, 0.15) is 5.03 Å². The molecule has 0 radical (unpaired) electrons. The Morgan fingerprint density at radius 2 is 1.79 bits per heavy atom. The lowest BCUT2D eigenvalue weighted by Gasteiger charge is -2.22. The first-order valence-corrected chi connectivity index (χ1v) is 10.4. The minimum atomic E-state index is -0.673. The van der Waals surface area contributed by atoms with Gasteiger partial charge in [-0.05, 0) is 37.1 Å². The van der Waals surface area contributed by atoms with Gasteiger partial charge < -0.3 is 10.1 Å². The second kappa shape index (κ2) is 10.6. The maximum atomic E-state index is 12.4. The molecule has 0 atom stereocenters. The van der Waals surface area contributed by atoms with Crippen molar-refractivity contribution in [2.45, 2.75) is 48.1 Å². The highest BCUT2D eigenvalue weighted by molar-refractivity contribution is 7.99. The fourth-order valence-electron chi connectivity index (χ4n) is 3.07. The normalized spacial score (nSPS) is 14.1. The number of pyridine rings is 1. The lowest BCUT2D eigenvalue weighted by atomic mass is 9.96. The molecule has 2 aromatic rings. The first-order valence-electron chi connectivity index (χ1n) is 9.57. The number of hydrogen-bond donors (Lipinski definition) is 2. The molecule has 1 fully saturated rings. The molecule has 1 aromatic carbocycles. The average molecular weight is 413 g/mol. The van der Waals surface area contributed by atoms with Crippen LogP contribution in [0.1, 0.15) is 42.5 Å². The number of hydrogen-bond acceptors (Lipinski definition) is 6. The number of urea groups is 1. The van der Waals surface area contributed by atoms with E-state index in [0.717, 1.165) is 30.6 Å². The van der Waals surface area contributed by atoms with Gasteiger partial charge in [-0.1, -0.05) is 49.2 Å². The molecule has 1 aliphatic rings. The zero-order valence-electron chi connectivity index (χ0n) is 15.9. The Balaban J connectivity index is 1.50. The number of nitrogens with one attached hydrogen (secondary N) is 2. The van der Waals surface area contributed by atoms with Crippen LogP contribution in [0, 0.1) is 0 Å². The van der Waals surface area contributed by atoms with Gasteiger partial charge in [0.2, 0.25) is 0 Å². The van der Waals surface area contributed by atoms with Crippen LogP contribution >= 0.6 is 11.8 Å². The molecular formula is C21H23N3O4S. The average Bonchev–Trinajstić information content (AvgIpc) is 2.74. The van der Waals surface area contributed by atoms with Gasteiger partial charge in [0.05, 0.1) is 5.56 Å². The van der Waals surface area contributed by atoms with Crippen molar-refractivity contribution in [1.82, 2.24) is 15.6 Å². The minimum Gasteiger partial charge on any atom is -0.452 e. The van der Waals surface area contributed by atoms with Crippen molar-refractivity contribution < 1.29 is 19.1 Å². The third kappa shape index (κ3) is 6.60. The second-order valence-electron chi connectivity index (χ2n) is 6.70. The van der Waals surface area contributed by atoms with Crippen LogP contribution in [0.25, 0.3) is 0 Å². The van der Waals surface area contributed by atoms with Crippen LogP contribution in [0.2, 0.25) is 0 Å². The van der Waals surface area contributed by atoms with Gasteiger partial charge >= 0.3 is 12.0 Å². The van der Waals surface area contributed by atoms with Crippen LogP contribution < -0.4 is 10.6 Å². The van der Waals surface area contributed by atoms with E-state index < -0.39 is 24.5 Å². The summed E-state index contributed by atoms with van der Waals surface area (Å²) in [4.78, 5) is 41.4. The van der Waals surface area contributed by atoms with E-state index in [1.165, 1.54) is 18.2 Å². The fraction of sp³-hybridized carbons (Fsp3) is 0.333. The van der Waals surface area contributed by atoms with E-state index in [0.29, 0.717) is 5.03 Å². The highest BCUT2D eigenvalue weighted by Crippen LogP contribution is 2.28. The van der Waals surface area contributed by atoms with E-state index in [-0.39, 0.29) is 11.6 Å². The summed E-state index contributed by atoms with van der Waals surface area (Å²) in [7, 11) is 0. The molecule has 3 rings (SSSR count). The molecule has 1 aliphatic carbocycles. The molecule has 0 bridgehead atoms. The number of aromatic nitrogens is 1. The molecule has 1 heterocycles. The zero-order chi connectivity index (χ0) is 20.5. The Kier molecular flexibility index (Phi) is 7.63.